The number of nitrogens with zero attached hydrogens (tertiary/aromatic N) is 6. The molecule has 0 saturated heterocycles. The monoisotopic (exact) mass is 991 g/mol. The molecule has 6 nitrogen and oxygen atoms in total. The van der Waals surface area contributed by atoms with E-state index in [4.69, 9.17) is 19.9 Å². The van der Waals surface area contributed by atoms with Crippen molar-refractivity contribution in [2.24, 2.45) is 0 Å². The van der Waals surface area contributed by atoms with Gasteiger partial charge in [-0.1, -0.05) is 133 Å². The van der Waals surface area contributed by atoms with Crippen LogP contribution in [0.15, 0.2) is 243 Å². The van der Waals surface area contributed by atoms with Crippen LogP contribution in [0.3, 0.4) is 0 Å². The van der Waals surface area contributed by atoms with Crippen molar-refractivity contribution >= 4 is 34.6 Å². The van der Waals surface area contributed by atoms with Gasteiger partial charge < -0.3 is 0 Å². The first kappa shape index (κ1) is 41.9. The Bertz CT molecular complexity index is 2590. The summed E-state index contributed by atoms with van der Waals surface area (Å²) in [6.07, 6.45) is 0. The average molecular weight is 992 g/mol. The van der Waals surface area contributed by atoms with Gasteiger partial charge in [-0.3, -0.25) is 19.8 Å². The first-order valence-corrected chi connectivity index (χ1v) is 20.4. The molecular formula is C56H40N6Pt. The Balaban J connectivity index is 0.000000170. The first-order chi connectivity index (χ1) is 30.8. The fourth-order valence-corrected chi connectivity index (χ4v) is 7.05. The Morgan fingerprint density at radius 3 is 0.905 bits per heavy atom. The quantitative estimate of drug-likeness (QED) is 0.127. The van der Waals surface area contributed by atoms with E-state index < -0.39 is 0 Å². The first-order valence-electron chi connectivity index (χ1n) is 20.4. The molecule has 0 amide bonds. The minimum Gasteiger partial charge on any atom is -0.280 e. The van der Waals surface area contributed by atoms with E-state index in [0.717, 1.165) is 79.7 Å². The molecule has 0 aliphatic rings. The van der Waals surface area contributed by atoms with E-state index in [1.54, 1.807) is 0 Å². The van der Waals surface area contributed by atoms with Crippen LogP contribution >= 0.6 is 0 Å². The van der Waals surface area contributed by atoms with Crippen LogP contribution in [0.25, 0.3) is 45.0 Å². The van der Waals surface area contributed by atoms with Crippen molar-refractivity contribution in [1.29, 1.82) is 0 Å². The fourth-order valence-electron chi connectivity index (χ4n) is 7.05. The molecule has 0 saturated carbocycles. The molecule has 0 spiro atoms. The van der Waals surface area contributed by atoms with Crippen molar-refractivity contribution in [3.05, 3.63) is 255 Å². The molecule has 0 aliphatic heterocycles. The van der Waals surface area contributed by atoms with Crippen LogP contribution in [-0.4, -0.2) is 19.9 Å². The van der Waals surface area contributed by atoms with Crippen LogP contribution in [0.5, 0.6) is 0 Å². The molecule has 0 radical (unpaired) electrons. The van der Waals surface area contributed by atoms with E-state index in [9.17, 15) is 0 Å². The van der Waals surface area contributed by atoms with E-state index in [1.807, 2.05) is 194 Å². The maximum atomic E-state index is 4.98. The van der Waals surface area contributed by atoms with E-state index in [2.05, 4.69) is 70.5 Å². The van der Waals surface area contributed by atoms with E-state index in [1.165, 1.54) is 0 Å². The minimum atomic E-state index is 0. The third-order valence-electron chi connectivity index (χ3n) is 9.99. The topological polar surface area (TPSA) is 58.0 Å². The third kappa shape index (κ3) is 10.2. The van der Waals surface area contributed by atoms with Gasteiger partial charge in [0.1, 0.15) is 23.3 Å². The number of hydrogen-bond donors (Lipinski definition) is 0. The van der Waals surface area contributed by atoms with Crippen LogP contribution in [0.2, 0.25) is 0 Å². The molecule has 63 heavy (non-hydrogen) atoms. The minimum absolute atomic E-state index is 0. The number of pyridine rings is 4. The normalized spacial score (nSPS) is 10.4. The van der Waals surface area contributed by atoms with Crippen molar-refractivity contribution in [3.8, 4) is 45.0 Å². The zero-order valence-corrected chi connectivity index (χ0v) is 36.4. The summed E-state index contributed by atoms with van der Waals surface area (Å²) in [5.41, 5.74) is 9.68. The van der Waals surface area contributed by atoms with Gasteiger partial charge in [0.2, 0.25) is 0 Å². The van der Waals surface area contributed by atoms with Crippen molar-refractivity contribution in [2.75, 3.05) is 9.80 Å². The number of benzene rings is 6. The molecular weight excluding hydrogens is 952 g/mol. The van der Waals surface area contributed by atoms with Crippen molar-refractivity contribution in [3.63, 3.8) is 0 Å². The molecule has 0 aliphatic carbocycles. The molecule has 0 bridgehead atoms. The van der Waals surface area contributed by atoms with Crippen LogP contribution in [0, 0.1) is 12.1 Å². The number of para-hydroxylation sites is 2. The zero-order valence-electron chi connectivity index (χ0n) is 34.1. The molecule has 0 unspecified atom stereocenters. The second-order valence-electron chi connectivity index (χ2n) is 14.2. The maximum absolute atomic E-state index is 4.98. The molecule has 304 valence electrons. The molecule has 10 rings (SSSR count). The van der Waals surface area contributed by atoms with Crippen LogP contribution in [0.4, 0.5) is 34.6 Å². The summed E-state index contributed by atoms with van der Waals surface area (Å²) in [4.78, 5) is 24.0. The van der Waals surface area contributed by atoms with Gasteiger partial charge in [0.05, 0.1) is 11.4 Å². The third-order valence-corrected chi connectivity index (χ3v) is 9.99. The average Bonchev–Trinajstić information content (AvgIpc) is 3.36. The van der Waals surface area contributed by atoms with Crippen LogP contribution in [-0.2, 0) is 21.1 Å². The zero-order chi connectivity index (χ0) is 41.8. The van der Waals surface area contributed by atoms with E-state index in [-0.39, 0.29) is 21.1 Å². The standard InChI is InChI=1S/C28H21N3.C28H19N3.Pt/c2*1-4-12-22(13-5-1)25-18-10-20-27(29-25)31(24-16-8-3-9-17-24)28-21-11-19-26(30-28)23-14-6-2-7-15-23;/h1-21H;1-12,14,16-21H;/q;-2;+2. The molecule has 6 aromatic carbocycles. The van der Waals surface area contributed by atoms with Gasteiger partial charge in [0, 0.05) is 22.5 Å². The van der Waals surface area contributed by atoms with Crippen LogP contribution < -0.4 is 9.80 Å². The fraction of sp³-hybridized carbons (Fsp3) is 0. The Hall–Kier alpha value is -7.79. The molecule has 4 aromatic heterocycles. The summed E-state index contributed by atoms with van der Waals surface area (Å²) in [5, 5.41) is 0. The second kappa shape index (κ2) is 20.7. The van der Waals surface area contributed by atoms with Gasteiger partial charge >= 0.3 is 21.1 Å². The molecule has 4 heterocycles. The number of aromatic nitrogens is 4. The van der Waals surface area contributed by atoms with Gasteiger partial charge in [-0.15, -0.1) is 71.8 Å². The molecule has 0 N–H and O–H groups in total. The Labute approximate surface area is 383 Å². The van der Waals surface area contributed by atoms with Crippen molar-refractivity contribution in [2.45, 2.75) is 0 Å². The number of anilines is 6. The van der Waals surface area contributed by atoms with E-state index in [0.29, 0.717) is 0 Å². The van der Waals surface area contributed by atoms with Crippen molar-refractivity contribution in [1.82, 2.24) is 19.9 Å². The van der Waals surface area contributed by atoms with Crippen molar-refractivity contribution < 1.29 is 21.1 Å². The summed E-state index contributed by atoms with van der Waals surface area (Å²) in [6, 6.07) is 87.4. The molecule has 7 heteroatoms. The predicted molar refractivity (Wildman–Crippen MR) is 253 cm³/mol. The number of hydrogen-bond acceptors (Lipinski definition) is 6. The summed E-state index contributed by atoms with van der Waals surface area (Å²) < 4.78 is 0. The SMILES string of the molecule is [Pt+2].[c-]1ccccc1-c1cccc(N(c2ccccc2)c2cccc(-c3[c-]cccc3)n2)n1.c1ccc(-c2cccc(N(c3ccccc3)c3cccc(-c4ccccc4)n3)n2)cc1. The molecule has 0 fully saturated rings. The largest absolute Gasteiger partial charge is 2.00 e. The second-order valence-corrected chi connectivity index (χ2v) is 14.2. The molecule has 10 aromatic rings. The Kier molecular flexibility index (Phi) is 13.7. The summed E-state index contributed by atoms with van der Waals surface area (Å²) in [7, 11) is 0. The van der Waals surface area contributed by atoms with Gasteiger partial charge in [-0.05, 0) is 72.1 Å². The van der Waals surface area contributed by atoms with Gasteiger partial charge in [-0.25, -0.2) is 9.97 Å². The summed E-state index contributed by atoms with van der Waals surface area (Å²) in [6.45, 7) is 0. The van der Waals surface area contributed by atoms with Gasteiger partial charge in [0.25, 0.3) is 0 Å². The predicted octanol–water partition coefficient (Wildman–Crippen LogP) is 14.2. The maximum Gasteiger partial charge on any atom is 2.00 e. The summed E-state index contributed by atoms with van der Waals surface area (Å²) in [5.74, 6) is 3.24. The Morgan fingerprint density at radius 1 is 0.270 bits per heavy atom. The number of rotatable bonds is 10. The Morgan fingerprint density at radius 2 is 0.571 bits per heavy atom. The van der Waals surface area contributed by atoms with Gasteiger partial charge in [-0.2, -0.15) is 0 Å². The van der Waals surface area contributed by atoms with Gasteiger partial charge in [0.15, 0.2) is 0 Å². The van der Waals surface area contributed by atoms with Crippen LogP contribution in [0.1, 0.15) is 0 Å². The smallest absolute Gasteiger partial charge is 0.280 e. The molecule has 0 atom stereocenters. The van der Waals surface area contributed by atoms with E-state index >= 15 is 0 Å². The summed E-state index contributed by atoms with van der Waals surface area (Å²) >= 11 is 0.